The van der Waals surface area contributed by atoms with Gasteiger partial charge in [-0.2, -0.15) is 0 Å². The van der Waals surface area contributed by atoms with Gasteiger partial charge in [0.25, 0.3) is 0 Å². The van der Waals surface area contributed by atoms with Crippen LogP contribution in [0.1, 0.15) is 0 Å². The summed E-state index contributed by atoms with van der Waals surface area (Å²) in [6.45, 7) is 0. The van der Waals surface area contributed by atoms with Crippen LogP contribution in [0.2, 0.25) is 0 Å². The highest BCUT2D eigenvalue weighted by atomic mass is 79.9. The molecular weight excluding hydrogens is 242 g/mol. The summed E-state index contributed by atoms with van der Waals surface area (Å²) >= 11 is 3.36. The van der Waals surface area contributed by atoms with E-state index in [0.717, 1.165) is 15.7 Å². The predicted molar refractivity (Wildman–Crippen MR) is 60.2 cm³/mol. The number of H-pyrrole nitrogens is 1. The smallest absolute Gasteiger partial charge is 0.248 e. The number of aromatic amines is 1. The van der Waals surface area contributed by atoms with Gasteiger partial charge in [-0.15, -0.1) is 0 Å². The van der Waals surface area contributed by atoms with Crippen LogP contribution in [-0.4, -0.2) is 4.98 Å². The van der Waals surface area contributed by atoms with Gasteiger partial charge in [0.15, 0.2) is 0 Å². The molecule has 0 fully saturated rings. The van der Waals surface area contributed by atoms with E-state index in [1.807, 2.05) is 30.3 Å². The van der Waals surface area contributed by atoms with Gasteiger partial charge in [0.1, 0.15) is 0 Å². The zero-order valence-corrected chi connectivity index (χ0v) is 8.91. The summed E-state index contributed by atoms with van der Waals surface area (Å²) in [5, 5.41) is 0. The fourth-order valence-corrected chi connectivity index (χ4v) is 1.51. The van der Waals surface area contributed by atoms with Crippen molar-refractivity contribution >= 4 is 15.9 Å². The third-order valence-corrected chi connectivity index (χ3v) is 2.45. The van der Waals surface area contributed by atoms with E-state index in [9.17, 15) is 4.79 Å². The molecule has 0 bridgehead atoms. The largest absolute Gasteiger partial charge is 0.322 e. The number of halogens is 1. The highest BCUT2D eigenvalue weighted by molar-refractivity contribution is 9.10. The summed E-state index contributed by atoms with van der Waals surface area (Å²) in [5.74, 6) is 0. The molecule has 0 unspecified atom stereocenters. The number of hydrogen-bond acceptors (Lipinski definition) is 1. The first-order valence-electron chi connectivity index (χ1n) is 4.21. The second-order valence-corrected chi connectivity index (χ2v) is 3.85. The molecule has 0 amide bonds. The predicted octanol–water partition coefficient (Wildman–Crippen LogP) is 2.80. The van der Waals surface area contributed by atoms with Crippen LogP contribution in [0.15, 0.2) is 51.7 Å². The van der Waals surface area contributed by atoms with Crippen LogP contribution < -0.4 is 5.56 Å². The Bertz CT molecular complexity index is 487. The SMILES string of the molecule is O=c1cccc(-c2ccc(Br)cc2)[nH]1. The van der Waals surface area contributed by atoms with Crippen molar-refractivity contribution in [2.24, 2.45) is 0 Å². The third-order valence-electron chi connectivity index (χ3n) is 1.92. The van der Waals surface area contributed by atoms with Crippen molar-refractivity contribution in [1.82, 2.24) is 4.98 Å². The normalized spacial score (nSPS) is 10.1. The molecular formula is C11H8BrNO. The minimum atomic E-state index is -0.0783. The van der Waals surface area contributed by atoms with Crippen LogP contribution in [0.4, 0.5) is 0 Å². The molecule has 2 aromatic rings. The molecule has 0 saturated heterocycles. The fourth-order valence-electron chi connectivity index (χ4n) is 1.25. The Morgan fingerprint density at radius 3 is 2.36 bits per heavy atom. The monoisotopic (exact) mass is 249 g/mol. The Hall–Kier alpha value is -1.35. The second kappa shape index (κ2) is 3.80. The highest BCUT2D eigenvalue weighted by Gasteiger charge is 1.96. The summed E-state index contributed by atoms with van der Waals surface area (Å²) in [6, 6.07) is 12.9. The number of nitrogens with one attached hydrogen (secondary N) is 1. The summed E-state index contributed by atoms with van der Waals surface area (Å²) < 4.78 is 1.03. The Balaban J connectivity index is 2.50. The molecule has 0 aliphatic rings. The number of benzene rings is 1. The molecule has 14 heavy (non-hydrogen) atoms. The molecule has 0 atom stereocenters. The van der Waals surface area contributed by atoms with E-state index in [2.05, 4.69) is 20.9 Å². The molecule has 70 valence electrons. The van der Waals surface area contributed by atoms with E-state index in [-0.39, 0.29) is 5.56 Å². The average Bonchev–Trinajstić information content (AvgIpc) is 2.19. The van der Waals surface area contributed by atoms with Gasteiger partial charge in [0.05, 0.1) is 0 Å². The van der Waals surface area contributed by atoms with Gasteiger partial charge in [-0.1, -0.05) is 34.1 Å². The summed E-state index contributed by atoms with van der Waals surface area (Å²) in [7, 11) is 0. The van der Waals surface area contributed by atoms with Gasteiger partial charge in [-0.25, -0.2) is 0 Å². The standard InChI is InChI=1S/C11H8BrNO/c12-9-6-4-8(5-7-9)10-2-1-3-11(14)13-10/h1-7H,(H,13,14). The molecule has 0 spiro atoms. The molecule has 0 saturated carbocycles. The fraction of sp³-hybridized carbons (Fsp3) is 0. The first-order chi connectivity index (χ1) is 6.75. The van der Waals surface area contributed by atoms with Gasteiger partial charge in [-0.05, 0) is 23.8 Å². The molecule has 0 aliphatic carbocycles. The minimum absolute atomic E-state index is 0.0783. The van der Waals surface area contributed by atoms with Crippen LogP contribution in [0, 0.1) is 0 Å². The Kier molecular flexibility index (Phi) is 2.50. The van der Waals surface area contributed by atoms with E-state index in [4.69, 9.17) is 0 Å². The van der Waals surface area contributed by atoms with Crippen molar-refractivity contribution in [3.8, 4) is 11.3 Å². The number of aromatic nitrogens is 1. The quantitative estimate of drug-likeness (QED) is 0.829. The van der Waals surface area contributed by atoms with Gasteiger partial charge in [0.2, 0.25) is 5.56 Å². The van der Waals surface area contributed by atoms with Gasteiger partial charge in [-0.3, -0.25) is 4.79 Å². The Morgan fingerprint density at radius 1 is 1.00 bits per heavy atom. The lowest BCUT2D eigenvalue weighted by Crippen LogP contribution is -2.03. The van der Waals surface area contributed by atoms with Crippen LogP contribution >= 0.6 is 15.9 Å². The zero-order valence-electron chi connectivity index (χ0n) is 7.33. The van der Waals surface area contributed by atoms with Gasteiger partial charge in [0, 0.05) is 16.2 Å². The van der Waals surface area contributed by atoms with Crippen molar-refractivity contribution in [3.05, 3.63) is 57.3 Å². The maximum atomic E-state index is 11.1. The third kappa shape index (κ3) is 1.93. The molecule has 0 aliphatic heterocycles. The lowest BCUT2D eigenvalue weighted by atomic mass is 10.1. The molecule has 1 aromatic carbocycles. The highest BCUT2D eigenvalue weighted by Crippen LogP contribution is 2.18. The first-order valence-corrected chi connectivity index (χ1v) is 5.00. The molecule has 1 aromatic heterocycles. The molecule has 1 heterocycles. The lowest BCUT2D eigenvalue weighted by molar-refractivity contribution is 1.24. The average molecular weight is 250 g/mol. The number of rotatable bonds is 1. The van der Waals surface area contributed by atoms with E-state index < -0.39 is 0 Å². The lowest BCUT2D eigenvalue weighted by Gasteiger charge is -2.00. The second-order valence-electron chi connectivity index (χ2n) is 2.94. The topological polar surface area (TPSA) is 32.9 Å². The van der Waals surface area contributed by atoms with Gasteiger partial charge < -0.3 is 4.98 Å². The first kappa shape index (κ1) is 9.21. The van der Waals surface area contributed by atoms with Crippen molar-refractivity contribution in [1.29, 1.82) is 0 Å². The van der Waals surface area contributed by atoms with E-state index in [0.29, 0.717) is 0 Å². The van der Waals surface area contributed by atoms with E-state index in [1.165, 1.54) is 6.07 Å². The molecule has 3 heteroatoms. The van der Waals surface area contributed by atoms with Crippen LogP contribution in [-0.2, 0) is 0 Å². The van der Waals surface area contributed by atoms with Crippen molar-refractivity contribution < 1.29 is 0 Å². The zero-order chi connectivity index (χ0) is 9.97. The molecule has 1 N–H and O–H groups in total. The van der Waals surface area contributed by atoms with Crippen molar-refractivity contribution in [2.45, 2.75) is 0 Å². The molecule has 2 nitrogen and oxygen atoms in total. The molecule has 0 radical (unpaired) electrons. The van der Waals surface area contributed by atoms with Crippen molar-refractivity contribution in [3.63, 3.8) is 0 Å². The maximum absolute atomic E-state index is 11.1. The van der Waals surface area contributed by atoms with Crippen LogP contribution in [0.25, 0.3) is 11.3 Å². The Morgan fingerprint density at radius 2 is 1.71 bits per heavy atom. The minimum Gasteiger partial charge on any atom is -0.322 e. The van der Waals surface area contributed by atoms with Crippen LogP contribution in [0.5, 0.6) is 0 Å². The van der Waals surface area contributed by atoms with Crippen LogP contribution in [0.3, 0.4) is 0 Å². The van der Waals surface area contributed by atoms with Crippen molar-refractivity contribution in [2.75, 3.05) is 0 Å². The number of pyridine rings is 1. The maximum Gasteiger partial charge on any atom is 0.248 e. The molecule has 2 rings (SSSR count). The summed E-state index contributed by atoms with van der Waals surface area (Å²) in [5.41, 5.74) is 1.77. The van der Waals surface area contributed by atoms with E-state index >= 15 is 0 Å². The summed E-state index contributed by atoms with van der Waals surface area (Å²) in [6.07, 6.45) is 0. The van der Waals surface area contributed by atoms with Gasteiger partial charge >= 0.3 is 0 Å². The van der Waals surface area contributed by atoms with E-state index in [1.54, 1.807) is 6.07 Å². The number of hydrogen-bond donors (Lipinski definition) is 1. The summed E-state index contributed by atoms with van der Waals surface area (Å²) in [4.78, 5) is 13.8. The Labute approximate surface area is 89.7 Å².